The molecular weight excluding hydrogens is 214 g/mol. The average molecular weight is 231 g/mol. The minimum atomic E-state index is -3.36. The lowest BCUT2D eigenvalue weighted by Gasteiger charge is -2.01. The predicted molar refractivity (Wildman–Crippen MR) is 58.9 cm³/mol. The monoisotopic (exact) mass is 231 g/mol. The van der Waals surface area contributed by atoms with Gasteiger partial charge in [0.15, 0.2) is 0 Å². The molecule has 1 aromatic heterocycles. The highest BCUT2D eigenvalue weighted by molar-refractivity contribution is 7.89. The molecule has 0 radical (unpaired) electrons. The molecule has 15 heavy (non-hydrogen) atoms. The van der Waals surface area contributed by atoms with E-state index in [1.54, 1.807) is 19.2 Å². The third-order valence-electron chi connectivity index (χ3n) is 2.16. The molecule has 0 unspecified atom stereocenters. The Morgan fingerprint density at radius 3 is 2.53 bits per heavy atom. The average Bonchev–Trinajstić information content (AvgIpc) is 2.61. The molecule has 0 aliphatic heterocycles. The second-order valence-corrected chi connectivity index (χ2v) is 4.93. The number of hydrogen-bond donors (Lipinski definition) is 2. The Labute approximate surface area is 90.3 Å². The number of nitrogens with one attached hydrogen (secondary N) is 1. The van der Waals surface area contributed by atoms with Crippen LogP contribution in [0.15, 0.2) is 17.2 Å². The Balaban J connectivity index is 3.11. The van der Waals surface area contributed by atoms with Crippen LogP contribution in [0.2, 0.25) is 0 Å². The van der Waals surface area contributed by atoms with Gasteiger partial charge in [-0.05, 0) is 13.0 Å². The van der Waals surface area contributed by atoms with E-state index in [-0.39, 0.29) is 4.90 Å². The molecule has 6 heteroatoms. The Hall–Kier alpha value is -0.850. The molecule has 1 heterocycles. The van der Waals surface area contributed by atoms with Gasteiger partial charge in [0, 0.05) is 31.5 Å². The number of aryl methyl sites for hydroxylation is 1. The first-order valence-corrected chi connectivity index (χ1v) is 6.42. The summed E-state index contributed by atoms with van der Waals surface area (Å²) in [7, 11) is -3.36. The van der Waals surface area contributed by atoms with Crippen LogP contribution in [0.3, 0.4) is 0 Å². The number of sulfonamides is 1. The molecule has 3 N–H and O–H groups in total. The van der Waals surface area contributed by atoms with Crippen molar-refractivity contribution in [3.05, 3.63) is 18.0 Å². The molecule has 0 aliphatic carbocycles. The van der Waals surface area contributed by atoms with Gasteiger partial charge in [-0.1, -0.05) is 6.92 Å². The summed E-state index contributed by atoms with van der Waals surface area (Å²) in [5.74, 6) is 0. The van der Waals surface area contributed by atoms with Gasteiger partial charge in [-0.2, -0.15) is 0 Å². The third-order valence-corrected chi connectivity index (χ3v) is 3.67. The summed E-state index contributed by atoms with van der Waals surface area (Å²) >= 11 is 0. The highest BCUT2D eigenvalue weighted by atomic mass is 32.2. The SMILES string of the molecule is CCNS(=O)(=O)c1cc(CN)n(CC)c1. The molecule has 0 bridgehead atoms. The summed E-state index contributed by atoms with van der Waals surface area (Å²) in [6, 6.07) is 1.61. The van der Waals surface area contributed by atoms with Crippen molar-refractivity contribution in [1.29, 1.82) is 0 Å². The topological polar surface area (TPSA) is 77.1 Å². The van der Waals surface area contributed by atoms with Gasteiger partial charge in [0.2, 0.25) is 10.0 Å². The zero-order valence-corrected chi connectivity index (χ0v) is 9.84. The molecule has 0 fully saturated rings. The molecule has 0 saturated heterocycles. The minimum Gasteiger partial charge on any atom is -0.349 e. The predicted octanol–water partition coefficient (Wildman–Crippen LogP) is 0.265. The second-order valence-electron chi connectivity index (χ2n) is 3.16. The van der Waals surface area contributed by atoms with Crippen molar-refractivity contribution in [3.8, 4) is 0 Å². The maximum Gasteiger partial charge on any atom is 0.242 e. The fourth-order valence-electron chi connectivity index (χ4n) is 1.41. The molecule has 0 amide bonds. The zero-order chi connectivity index (χ0) is 11.5. The van der Waals surface area contributed by atoms with Crippen LogP contribution in [0, 0.1) is 0 Å². The lowest BCUT2D eigenvalue weighted by Crippen LogP contribution is -2.22. The molecule has 0 saturated carbocycles. The normalized spacial score (nSPS) is 11.9. The van der Waals surface area contributed by atoms with Crippen LogP contribution < -0.4 is 10.5 Å². The summed E-state index contributed by atoms with van der Waals surface area (Å²) in [6.45, 7) is 5.14. The molecule has 0 atom stereocenters. The van der Waals surface area contributed by atoms with Crippen molar-refractivity contribution in [3.63, 3.8) is 0 Å². The van der Waals surface area contributed by atoms with E-state index < -0.39 is 10.0 Å². The molecule has 0 aromatic carbocycles. The third kappa shape index (κ3) is 2.58. The fourth-order valence-corrected chi connectivity index (χ4v) is 2.52. The van der Waals surface area contributed by atoms with Crippen molar-refractivity contribution < 1.29 is 8.42 Å². The maximum absolute atomic E-state index is 11.7. The minimum absolute atomic E-state index is 0.284. The molecule has 86 valence electrons. The summed E-state index contributed by atoms with van der Waals surface area (Å²) in [5.41, 5.74) is 6.35. The van der Waals surface area contributed by atoms with Gasteiger partial charge in [0.05, 0.1) is 4.90 Å². The van der Waals surface area contributed by atoms with Gasteiger partial charge in [0.1, 0.15) is 0 Å². The highest BCUT2D eigenvalue weighted by Gasteiger charge is 2.16. The van der Waals surface area contributed by atoms with Crippen molar-refractivity contribution in [1.82, 2.24) is 9.29 Å². The molecule has 5 nitrogen and oxygen atoms in total. The van der Waals surface area contributed by atoms with E-state index in [4.69, 9.17) is 5.73 Å². The number of aromatic nitrogens is 1. The first kappa shape index (κ1) is 12.2. The van der Waals surface area contributed by atoms with Crippen LogP contribution >= 0.6 is 0 Å². The molecule has 1 aromatic rings. The highest BCUT2D eigenvalue weighted by Crippen LogP contribution is 2.13. The Bertz CT molecular complexity index is 401. The summed E-state index contributed by atoms with van der Waals surface area (Å²) in [4.78, 5) is 0.284. The van der Waals surface area contributed by atoms with Crippen LogP contribution in [0.5, 0.6) is 0 Å². The van der Waals surface area contributed by atoms with E-state index in [0.29, 0.717) is 19.6 Å². The first-order chi connectivity index (χ1) is 7.05. The lowest BCUT2D eigenvalue weighted by atomic mass is 10.4. The number of nitrogens with zero attached hydrogens (tertiary/aromatic N) is 1. The zero-order valence-electron chi connectivity index (χ0n) is 9.03. The van der Waals surface area contributed by atoms with Gasteiger partial charge >= 0.3 is 0 Å². The van der Waals surface area contributed by atoms with E-state index in [1.807, 2.05) is 11.5 Å². The Morgan fingerprint density at radius 1 is 1.47 bits per heavy atom. The molecular formula is C9H17N3O2S. The van der Waals surface area contributed by atoms with Gasteiger partial charge in [-0.25, -0.2) is 13.1 Å². The van der Waals surface area contributed by atoms with Gasteiger partial charge in [-0.15, -0.1) is 0 Å². The molecule has 1 rings (SSSR count). The smallest absolute Gasteiger partial charge is 0.242 e. The second kappa shape index (κ2) is 4.78. The van der Waals surface area contributed by atoms with E-state index >= 15 is 0 Å². The van der Waals surface area contributed by atoms with Crippen LogP contribution in [0.4, 0.5) is 0 Å². The van der Waals surface area contributed by atoms with Gasteiger partial charge < -0.3 is 10.3 Å². The van der Waals surface area contributed by atoms with E-state index in [1.165, 1.54) is 0 Å². The largest absolute Gasteiger partial charge is 0.349 e. The van der Waals surface area contributed by atoms with Crippen LogP contribution in [0.25, 0.3) is 0 Å². The quantitative estimate of drug-likeness (QED) is 0.763. The van der Waals surface area contributed by atoms with E-state index in [0.717, 1.165) is 5.69 Å². The van der Waals surface area contributed by atoms with Crippen molar-refractivity contribution in [2.24, 2.45) is 5.73 Å². The Morgan fingerprint density at radius 2 is 2.13 bits per heavy atom. The van der Waals surface area contributed by atoms with Crippen molar-refractivity contribution in [2.75, 3.05) is 6.54 Å². The summed E-state index contributed by atoms with van der Waals surface area (Å²) < 4.78 is 27.6. The van der Waals surface area contributed by atoms with Crippen molar-refractivity contribution in [2.45, 2.75) is 31.8 Å². The first-order valence-electron chi connectivity index (χ1n) is 4.94. The van der Waals surface area contributed by atoms with Crippen LogP contribution in [-0.4, -0.2) is 19.5 Å². The van der Waals surface area contributed by atoms with E-state index in [2.05, 4.69) is 4.72 Å². The van der Waals surface area contributed by atoms with Gasteiger partial charge in [-0.3, -0.25) is 0 Å². The van der Waals surface area contributed by atoms with Crippen molar-refractivity contribution >= 4 is 10.0 Å². The van der Waals surface area contributed by atoms with Crippen LogP contribution in [-0.2, 0) is 23.1 Å². The molecule has 0 aliphatic rings. The number of nitrogens with two attached hydrogens (primary N) is 1. The van der Waals surface area contributed by atoms with Gasteiger partial charge in [0.25, 0.3) is 0 Å². The number of rotatable bonds is 5. The maximum atomic E-state index is 11.7. The molecule has 0 spiro atoms. The summed E-state index contributed by atoms with van der Waals surface area (Å²) in [6.07, 6.45) is 1.61. The summed E-state index contributed by atoms with van der Waals surface area (Å²) in [5, 5.41) is 0. The Kier molecular flexibility index (Phi) is 3.90. The fraction of sp³-hybridized carbons (Fsp3) is 0.556. The standard InChI is InChI=1S/C9H17N3O2S/c1-3-11-15(13,14)9-5-8(6-10)12(4-2)7-9/h5,7,11H,3-4,6,10H2,1-2H3. The van der Waals surface area contributed by atoms with Crippen LogP contribution in [0.1, 0.15) is 19.5 Å². The van der Waals surface area contributed by atoms with E-state index in [9.17, 15) is 8.42 Å². The number of hydrogen-bond acceptors (Lipinski definition) is 3. The lowest BCUT2D eigenvalue weighted by molar-refractivity contribution is 0.583.